The summed E-state index contributed by atoms with van der Waals surface area (Å²) in [6.45, 7) is 3.43. The van der Waals surface area contributed by atoms with Gasteiger partial charge in [0.1, 0.15) is 11.3 Å². The summed E-state index contributed by atoms with van der Waals surface area (Å²) in [6.07, 6.45) is 1.35. The Morgan fingerprint density at radius 3 is 2.43 bits per heavy atom. The van der Waals surface area contributed by atoms with Crippen LogP contribution in [-0.4, -0.2) is 19.5 Å². The van der Waals surface area contributed by atoms with E-state index in [1.165, 1.54) is 18.3 Å². The number of aryl methyl sites for hydroxylation is 1. The largest absolute Gasteiger partial charge is 0.361 e. The average Bonchev–Trinajstić information content (AvgIpc) is 2.84. The molecule has 1 unspecified atom stereocenters. The molecule has 0 saturated carbocycles. The summed E-state index contributed by atoms with van der Waals surface area (Å²) in [7, 11) is -3.72. The molecular formula is C13H15N3O4S. The fourth-order valence-electron chi connectivity index (χ4n) is 1.82. The number of nitrogens with zero attached hydrogens (tertiary/aromatic N) is 1. The van der Waals surface area contributed by atoms with E-state index in [4.69, 9.17) is 9.66 Å². The Hall–Kier alpha value is -2.19. The molecule has 112 valence electrons. The molecule has 0 bridgehead atoms. The Kier molecular flexibility index (Phi) is 4.10. The Bertz CT molecular complexity index is 750. The van der Waals surface area contributed by atoms with Crippen LogP contribution in [0.5, 0.6) is 0 Å². The lowest BCUT2D eigenvalue weighted by Crippen LogP contribution is -2.26. The summed E-state index contributed by atoms with van der Waals surface area (Å²) in [6, 6.07) is 5.70. The van der Waals surface area contributed by atoms with Crippen LogP contribution < -0.4 is 10.5 Å². The number of primary sulfonamides is 1. The van der Waals surface area contributed by atoms with E-state index in [0.29, 0.717) is 11.3 Å². The highest BCUT2D eigenvalue weighted by Crippen LogP contribution is 2.16. The van der Waals surface area contributed by atoms with E-state index >= 15 is 0 Å². The van der Waals surface area contributed by atoms with Gasteiger partial charge in [-0.1, -0.05) is 17.3 Å². The molecule has 0 aliphatic carbocycles. The van der Waals surface area contributed by atoms with Crippen molar-refractivity contribution in [1.29, 1.82) is 0 Å². The second kappa shape index (κ2) is 5.66. The van der Waals surface area contributed by atoms with Gasteiger partial charge in [0.15, 0.2) is 0 Å². The van der Waals surface area contributed by atoms with Crippen LogP contribution in [0.15, 0.2) is 39.9 Å². The molecule has 8 heteroatoms. The van der Waals surface area contributed by atoms with Gasteiger partial charge < -0.3 is 9.84 Å². The van der Waals surface area contributed by atoms with Gasteiger partial charge in [-0.05, 0) is 31.5 Å². The first-order chi connectivity index (χ1) is 9.79. The van der Waals surface area contributed by atoms with Gasteiger partial charge >= 0.3 is 0 Å². The minimum absolute atomic E-state index is 0.0275. The Labute approximate surface area is 122 Å². The van der Waals surface area contributed by atoms with Crippen LogP contribution in [0.2, 0.25) is 0 Å². The number of aromatic nitrogens is 1. The van der Waals surface area contributed by atoms with Gasteiger partial charge in [0.05, 0.1) is 17.1 Å². The second-order valence-electron chi connectivity index (χ2n) is 4.60. The van der Waals surface area contributed by atoms with Crippen molar-refractivity contribution in [2.75, 3.05) is 0 Å². The molecule has 0 saturated heterocycles. The Morgan fingerprint density at radius 1 is 1.33 bits per heavy atom. The van der Waals surface area contributed by atoms with Gasteiger partial charge in [0.25, 0.3) is 5.91 Å². The maximum atomic E-state index is 12.0. The fourth-order valence-corrected chi connectivity index (χ4v) is 2.34. The number of nitrogens with two attached hydrogens (primary N) is 1. The number of benzene rings is 1. The number of amides is 1. The van der Waals surface area contributed by atoms with Crippen LogP contribution >= 0.6 is 0 Å². The number of carbonyl (C=O) groups is 1. The minimum Gasteiger partial charge on any atom is -0.361 e. The fraction of sp³-hybridized carbons (Fsp3) is 0.231. The van der Waals surface area contributed by atoms with Crippen LogP contribution in [0.1, 0.15) is 34.6 Å². The van der Waals surface area contributed by atoms with Gasteiger partial charge in [0, 0.05) is 0 Å². The van der Waals surface area contributed by atoms with Crippen molar-refractivity contribution < 1.29 is 17.7 Å². The molecular weight excluding hydrogens is 294 g/mol. The van der Waals surface area contributed by atoms with E-state index in [-0.39, 0.29) is 16.8 Å². The van der Waals surface area contributed by atoms with E-state index in [2.05, 4.69) is 10.5 Å². The predicted molar refractivity (Wildman–Crippen MR) is 74.9 cm³/mol. The van der Waals surface area contributed by atoms with Crippen molar-refractivity contribution in [2.24, 2.45) is 5.14 Å². The maximum Gasteiger partial charge on any atom is 0.256 e. The molecule has 1 atom stereocenters. The average molecular weight is 309 g/mol. The molecule has 7 nitrogen and oxygen atoms in total. The van der Waals surface area contributed by atoms with Crippen LogP contribution in [-0.2, 0) is 10.0 Å². The molecule has 2 aromatic rings. The highest BCUT2D eigenvalue weighted by molar-refractivity contribution is 7.89. The van der Waals surface area contributed by atoms with Gasteiger partial charge in [-0.3, -0.25) is 4.79 Å². The number of rotatable bonds is 4. The normalized spacial score (nSPS) is 12.9. The van der Waals surface area contributed by atoms with Crippen molar-refractivity contribution in [2.45, 2.75) is 24.8 Å². The van der Waals surface area contributed by atoms with Crippen LogP contribution in [0.25, 0.3) is 0 Å². The number of nitrogens with one attached hydrogen (secondary N) is 1. The Balaban J connectivity index is 2.12. The van der Waals surface area contributed by atoms with Gasteiger partial charge in [-0.2, -0.15) is 0 Å². The highest BCUT2D eigenvalue weighted by atomic mass is 32.2. The molecule has 0 aliphatic heterocycles. The van der Waals surface area contributed by atoms with Crippen molar-refractivity contribution in [3.8, 4) is 0 Å². The first kappa shape index (κ1) is 15.2. The molecule has 3 N–H and O–H groups in total. The molecule has 0 spiro atoms. The molecule has 1 heterocycles. The third kappa shape index (κ3) is 3.47. The van der Waals surface area contributed by atoms with Gasteiger partial charge in [-0.25, -0.2) is 13.6 Å². The summed E-state index contributed by atoms with van der Waals surface area (Å²) >= 11 is 0. The molecule has 21 heavy (non-hydrogen) atoms. The summed E-state index contributed by atoms with van der Waals surface area (Å²) in [4.78, 5) is 12.0. The highest BCUT2D eigenvalue weighted by Gasteiger charge is 2.16. The number of hydrogen-bond acceptors (Lipinski definition) is 5. The second-order valence-corrected chi connectivity index (χ2v) is 6.17. The zero-order valence-electron chi connectivity index (χ0n) is 11.5. The molecule has 2 rings (SSSR count). The zero-order chi connectivity index (χ0) is 15.6. The monoisotopic (exact) mass is 309 g/mol. The van der Waals surface area contributed by atoms with Gasteiger partial charge in [-0.15, -0.1) is 0 Å². The standard InChI is InChI=1S/C13H15N3O4S/c1-8(16-13(17)12-7-15-20-9(12)2)10-3-5-11(6-4-10)21(14,18)19/h3-8H,1-2H3,(H,16,17)(H2,14,18,19). The van der Waals surface area contributed by atoms with E-state index in [0.717, 1.165) is 5.56 Å². The number of sulfonamides is 1. The summed E-state index contributed by atoms with van der Waals surface area (Å²) < 4.78 is 27.2. The lowest BCUT2D eigenvalue weighted by atomic mass is 10.1. The van der Waals surface area contributed by atoms with E-state index in [9.17, 15) is 13.2 Å². The van der Waals surface area contributed by atoms with Crippen molar-refractivity contribution in [1.82, 2.24) is 10.5 Å². The van der Waals surface area contributed by atoms with Crippen LogP contribution in [0.4, 0.5) is 0 Å². The summed E-state index contributed by atoms with van der Waals surface area (Å²) in [5.41, 5.74) is 1.12. The summed E-state index contributed by atoms with van der Waals surface area (Å²) in [5.74, 6) is 0.126. The van der Waals surface area contributed by atoms with E-state index in [1.807, 2.05) is 0 Å². The van der Waals surface area contributed by atoms with Crippen molar-refractivity contribution in [3.05, 3.63) is 47.3 Å². The lowest BCUT2D eigenvalue weighted by molar-refractivity contribution is 0.0938. The van der Waals surface area contributed by atoms with Crippen molar-refractivity contribution >= 4 is 15.9 Å². The SMILES string of the molecule is Cc1oncc1C(=O)NC(C)c1ccc(S(N)(=O)=O)cc1. The number of hydrogen-bond donors (Lipinski definition) is 2. The minimum atomic E-state index is -3.72. The van der Waals surface area contributed by atoms with Crippen molar-refractivity contribution in [3.63, 3.8) is 0 Å². The van der Waals surface area contributed by atoms with E-state index < -0.39 is 10.0 Å². The molecule has 0 radical (unpaired) electrons. The smallest absolute Gasteiger partial charge is 0.256 e. The quantitative estimate of drug-likeness (QED) is 0.878. The Morgan fingerprint density at radius 2 is 1.95 bits per heavy atom. The summed E-state index contributed by atoms with van der Waals surface area (Å²) in [5, 5.41) is 11.4. The van der Waals surface area contributed by atoms with Crippen LogP contribution in [0, 0.1) is 6.92 Å². The molecule has 1 aromatic carbocycles. The van der Waals surface area contributed by atoms with Gasteiger partial charge in [0.2, 0.25) is 10.0 Å². The zero-order valence-corrected chi connectivity index (χ0v) is 12.3. The van der Waals surface area contributed by atoms with E-state index in [1.54, 1.807) is 26.0 Å². The maximum absolute atomic E-state index is 12.0. The molecule has 1 amide bonds. The predicted octanol–water partition coefficient (Wildman–Crippen LogP) is 1.12. The molecule has 0 aliphatic rings. The first-order valence-electron chi connectivity index (χ1n) is 6.14. The third-order valence-electron chi connectivity index (χ3n) is 3.05. The lowest BCUT2D eigenvalue weighted by Gasteiger charge is -2.14. The first-order valence-corrected chi connectivity index (χ1v) is 7.68. The third-order valence-corrected chi connectivity index (χ3v) is 3.98. The molecule has 0 fully saturated rings. The number of carbonyl (C=O) groups excluding carboxylic acids is 1. The topological polar surface area (TPSA) is 115 Å². The van der Waals surface area contributed by atoms with Crippen LogP contribution in [0.3, 0.4) is 0 Å². The molecule has 1 aromatic heterocycles.